The van der Waals surface area contributed by atoms with Crippen molar-refractivity contribution in [2.75, 3.05) is 6.61 Å². The van der Waals surface area contributed by atoms with E-state index >= 15 is 0 Å². The first-order chi connectivity index (χ1) is 6.13. The fraction of sp³-hybridized carbons (Fsp3) is 0.909. The lowest BCUT2D eigenvalue weighted by molar-refractivity contribution is -0.149. The normalized spacial score (nSPS) is 12.7. The van der Waals surface area contributed by atoms with Crippen molar-refractivity contribution in [3.05, 3.63) is 0 Å². The highest BCUT2D eigenvalue weighted by atomic mass is 16.5. The monoisotopic (exact) mass is 201 g/mol. The maximum Gasteiger partial charge on any atom is 0.325 e. The minimum absolute atomic E-state index is 0.296. The molecule has 0 spiro atoms. The molecule has 0 unspecified atom stereocenters. The van der Waals surface area contributed by atoms with Crippen LogP contribution < -0.4 is 5.73 Å². The van der Waals surface area contributed by atoms with Gasteiger partial charge >= 0.3 is 5.97 Å². The number of ether oxygens (including phenoxy) is 1. The average Bonchev–Trinajstić information content (AvgIpc) is 1.93. The molecule has 0 radical (unpaired) electrons. The average molecular weight is 201 g/mol. The minimum atomic E-state index is -0.873. The predicted octanol–water partition coefficient (Wildman–Crippen LogP) is 2.09. The first-order valence-corrected chi connectivity index (χ1v) is 5.09. The number of rotatable bonds is 4. The van der Waals surface area contributed by atoms with Crippen molar-refractivity contribution in [3.63, 3.8) is 0 Å². The first kappa shape index (κ1) is 13.4. The molecule has 2 N–H and O–H groups in total. The van der Waals surface area contributed by atoms with Gasteiger partial charge in [0.1, 0.15) is 5.54 Å². The number of esters is 1. The molecular formula is C11H23NO2. The molecule has 0 bridgehead atoms. The summed E-state index contributed by atoms with van der Waals surface area (Å²) >= 11 is 0. The van der Waals surface area contributed by atoms with Gasteiger partial charge < -0.3 is 10.5 Å². The lowest BCUT2D eigenvalue weighted by Gasteiger charge is -2.19. The number of nitrogens with two attached hydrogens (primary N) is 1. The van der Waals surface area contributed by atoms with Gasteiger partial charge in [0.15, 0.2) is 0 Å². The molecule has 84 valence electrons. The molecule has 0 aromatic carbocycles. The predicted molar refractivity (Wildman–Crippen MR) is 57.9 cm³/mol. The number of carbonyl (C=O) groups excluding carboxylic acids is 1. The summed E-state index contributed by atoms with van der Waals surface area (Å²) in [5.41, 5.74) is 5.00. The van der Waals surface area contributed by atoms with Gasteiger partial charge in [-0.15, -0.1) is 0 Å². The smallest absolute Gasteiger partial charge is 0.325 e. The van der Waals surface area contributed by atoms with Crippen LogP contribution in [0.15, 0.2) is 0 Å². The molecule has 0 saturated carbocycles. The van der Waals surface area contributed by atoms with Crippen LogP contribution in [0.2, 0.25) is 0 Å². The van der Waals surface area contributed by atoms with E-state index in [1.54, 1.807) is 13.8 Å². The zero-order valence-corrected chi connectivity index (χ0v) is 10.0. The van der Waals surface area contributed by atoms with E-state index in [2.05, 4.69) is 20.8 Å². The minimum Gasteiger partial charge on any atom is -0.464 e. The van der Waals surface area contributed by atoms with Crippen molar-refractivity contribution in [2.45, 2.75) is 53.0 Å². The third-order valence-corrected chi connectivity index (χ3v) is 1.83. The van der Waals surface area contributed by atoms with E-state index in [1.807, 2.05) is 0 Å². The zero-order chi connectivity index (χ0) is 11.4. The summed E-state index contributed by atoms with van der Waals surface area (Å²) in [6.45, 7) is 10.3. The SMILES string of the molecule is CC(C)(C)CCCOC(=O)C(C)(C)N. The van der Waals surface area contributed by atoms with Gasteiger partial charge in [0.05, 0.1) is 6.61 Å². The topological polar surface area (TPSA) is 52.3 Å². The molecule has 0 aliphatic carbocycles. The van der Waals surface area contributed by atoms with E-state index in [9.17, 15) is 4.79 Å². The van der Waals surface area contributed by atoms with Gasteiger partial charge in [-0.3, -0.25) is 4.79 Å². The molecule has 0 heterocycles. The molecule has 14 heavy (non-hydrogen) atoms. The van der Waals surface area contributed by atoms with E-state index in [1.165, 1.54) is 0 Å². The summed E-state index contributed by atoms with van der Waals surface area (Å²) in [7, 11) is 0. The molecule has 0 atom stereocenters. The Morgan fingerprint density at radius 3 is 2.07 bits per heavy atom. The third-order valence-electron chi connectivity index (χ3n) is 1.83. The van der Waals surface area contributed by atoms with Crippen LogP contribution in [0.4, 0.5) is 0 Å². The van der Waals surface area contributed by atoms with Crippen LogP contribution in [0.1, 0.15) is 47.5 Å². The van der Waals surface area contributed by atoms with Gasteiger partial charge in [0.25, 0.3) is 0 Å². The van der Waals surface area contributed by atoms with Gasteiger partial charge in [0.2, 0.25) is 0 Å². The third kappa shape index (κ3) is 6.89. The molecule has 0 aliphatic rings. The second kappa shape index (κ2) is 4.78. The Balaban J connectivity index is 3.62. The highest BCUT2D eigenvalue weighted by molar-refractivity contribution is 5.79. The molecule has 0 fully saturated rings. The van der Waals surface area contributed by atoms with Gasteiger partial charge in [-0.25, -0.2) is 0 Å². The molecule has 3 nitrogen and oxygen atoms in total. The Morgan fingerprint density at radius 2 is 1.71 bits per heavy atom. The Labute approximate surface area is 87.0 Å². The van der Waals surface area contributed by atoms with E-state index in [-0.39, 0.29) is 5.97 Å². The quantitative estimate of drug-likeness (QED) is 0.559. The van der Waals surface area contributed by atoms with Crippen LogP contribution in [0.25, 0.3) is 0 Å². The first-order valence-electron chi connectivity index (χ1n) is 5.09. The van der Waals surface area contributed by atoms with Crippen molar-refractivity contribution in [2.24, 2.45) is 11.1 Å². The summed E-state index contributed by atoms with van der Waals surface area (Å²) < 4.78 is 5.04. The molecular weight excluding hydrogens is 178 g/mol. The summed E-state index contributed by atoms with van der Waals surface area (Å²) in [6, 6.07) is 0. The fourth-order valence-electron chi connectivity index (χ4n) is 0.953. The second-order valence-electron chi connectivity index (χ2n) is 5.52. The summed E-state index contributed by atoms with van der Waals surface area (Å²) in [4.78, 5) is 11.2. The Kier molecular flexibility index (Phi) is 4.59. The number of carbonyl (C=O) groups is 1. The molecule has 0 aromatic heterocycles. The largest absolute Gasteiger partial charge is 0.464 e. The lowest BCUT2D eigenvalue weighted by Crippen LogP contribution is -2.42. The van der Waals surface area contributed by atoms with Crippen molar-refractivity contribution < 1.29 is 9.53 Å². The highest BCUT2D eigenvalue weighted by Crippen LogP contribution is 2.20. The maximum absolute atomic E-state index is 11.2. The van der Waals surface area contributed by atoms with Crippen LogP contribution in [-0.4, -0.2) is 18.1 Å². The zero-order valence-electron chi connectivity index (χ0n) is 10.0. The van der Waals surface area contributed by atoms with Crippen molar-refractivity contribution in [1.29, 1.82) is 0 Å². The van der Waals surface area contributed by atoms with Gasteiger partial charge in [-0.2, -0.15) is 0 Å². The van der Waals surface area contributed by atoms with Crippen LogP contribution in [-0.2, 0) is 9.53 Å². The molecule has 0 saturated heterocycles. The van der Waals surface area contributed by atoms with E-state index in [4.69, 9.17) is 10.5 Å². The second-order valence-corrected chi connectivity index (χ2v) is 5.52. The molecule has 0 aromatic rings. The van der Waals surface area contributed by atoms with Crippen LogP contribution in [0, 0.1) is 5.41 Å². The van der Waals surface area contributed by atoms with Gasteiger partial charge in [-0.1, -0.05) is 20.8 Å². The summed E-state index contributed by atoms with van der Waals surface area (Å²) in [5, 5.41) is 0. The van der Waals surface area contributed by atoms with Crippen LogP contribution in [0.5, 0.6) is 0 Å². The summed E-state index contributed by atoms with van der Waals surface area (Å²) in [6.07, 6.45) is 1.94. The van der Waals surface area contributed by atoms with Crippen LogP contribution in [0.3, 0.4) is 0 Å². The Morgan fingerprint density at radius 1 is 1.21 bits per heavy atom. The molecule has 3 heteroatoms. The highest BCUT2D eigenvalue weighted by Gasteiger charge is 2.23. The molecule has 0 rings (SSSR count). The van der Waals surface area contributed by atoms with E-state index in [0.29, 0.717) is 12.0 Å². The van der Waals surface area contributed by atoms with Crippen molar-refractivity contribution in [3.8, 4) is 0 Å². The van der Waals surface area contributed by atoms with E-state index < -0.39 is 5.54 Å². The van der Waals surface area contributed by atoms with Gasteiger partial charge in [-0.05, 0) is 32.1 Å². The Hall–Kier alpha value is -0.570. The fourth-order valence-corrected chi connectivity index (χ4v) is 0.953. The Bertz CT molecular complexity index is 186. The van der Waals surface area contributed by atoms with Crippen molar-refractivity contribution >= 4 is 5.97 Å². The van der Waals surface area contributed by atoms with Crippen molar-refractivity contribution in [1.82, 2.24) is 0 Å². The number of hydrogen-bond donors (Lipinski definition) is 1. The van der Waals surface area contributed by atoms with E-state index in [0.717, 1.165) is 12.8 Å². The van der Waals surface area contributed by atoms with Crippen LogP contribution >= 0.6 is 0 Å². The molecule has 0 amide bonds. The maximum atomic E-state index is 11.2. The van der Waals surface area contributed by atoms with Gasteiger partial charge in [0, 0.05) is 0 Å². The standard InChI is InChI=1S/C11H23NO2/c1-10(2,3)7-6-8-14-9(13)11(4,5)12/h6-8,12H2,1-5H3. The lowest BCUT2D eigenvalue weighted by atomic mass is 9.91. The summed E-state index contributed by atoms with van der Waals surface area (Å²) in [5.74, 6) is -0.327. The number of hydrogen-bond acceptors (Lipinski definition) is 3. The molecule has 0 aliphatic heterocycles.